The summed E-state index contributed by atoms with van der Waals surface area (Å²) in [6.45, 7) is 2.83. The number of piperidine rings is 1. The van der Waals surface area contributed by atoms with Gasteiger partial charge in [0.1, 0.15) is 17.2 Å². The molecule has 0 atom stereocenters. The van der Waals surface area contributed by atoms with Crippen LogP contribution in [-0.2, 0) is 6.54 Å². The monoisotopic (exact) mass is 386 g/mol. The van der Waals surface area contributed by atoms with Gasteiger partial charge in [-0.2, -0.15) is 0 Å². The van der Waals surface area contributed by atoms with Gasteiger partial charge in [-0.25, -0.2) is 9.97 Å². The fourth-order valence-corrected chi connectivity index (χ4v) is 3.87. The van der Waals surface area contributed by atoms with Crippen LogP contribution in [0.2, 0.25) is 0 Å². The molecule has 1 aliphatic rings. The molecule has 0 radical (unpaired) electrons. The summed E-state index contributed by atoms with van der Waals surface area (Å²) in [6.07, 6.45) is 3.71. The number of para-hydroxylation sites is 2. The van der Waals surface area contributed by atoms with E-state index in [0.29, 0.717) is 17.9 Å². The van der Waals surface area contributed by atoms with E-state index in [-0.39, 0.29) is 11.7 Å². The van der Waals surface area contributed by atoms with Gasteiger partial charge < -0.3 is 9.73 Å². The highest BCUT2D eigenvalue weighted by atomic mass is 16.3. The fraction of sp³-hybridized carbons (Fsp3) is 0.261. The number of carbonyl (C=O) groups excluding carboxylic acids is 1. The van der Waals surface area contributed by atoms with Crippen molar-refractivity contribution in [2.75, 3.05) is 18.4 Å². The van der Waals surface area contributed by atoms with Crippen molar-refractivity contribution in [1.29, 1.82) is 0 Å². The maximum absolute atomic E-state index is 12.9. The van der Waals surface area contributed by atoms with Crippen LogP contribution in [0.5, 0.6) is 0 Å². The molecule has 0 unspecified atom stereocenters. The molecule has 1 fully saturated rings. The average Bonchev–Trinajstić information content (AvgIpc) is 3.19. The van der Waals surface area contributed by atoms with Crippen molar-refractivity contribution in [3.63, 3.8) is 0 Å². The number of nitrogens with zero attached hydrogens (tertiary/aromatic N) is 3. The van der Waals surface area contributed by atoms with E-state index in [1.54, 1.807) is 6.07 Å². The molecule has 5 rings (SSSR count). The highest BCUT2D eigenvalue weighted by Crippen LogP contribution is 2.24. The van der Waals surface area contributed by atoms with Crippen LogP contribution in [-0.4, -0.2) is 33.9 Å². The first kappa shape index (κ1) is 17.8. The minimum Gasteiger partial charge on any atom is -0.451 e. The first-order valence-corrected chi connectivity index (χ1v) is 10.0. The number of anilines is 1. The molecule has 0 saturated carbocycles. The Morgan fingerprint density at radius 1 is 1.00 bits per heavy atom. The quantitative estimate of drug-likeness (QED) is 0.554. The van der Waals surface area contributed by atoms with Gasteiger partial charge in [0, 0.05) is 10.8 Å². The average molecular weight is 386 g/mol. The Morgan fingerprint density at radius 3 is 2.66 bits per heavy atom. The van der Waals surface area contributed by atoms with Gasteiger partial charge in [-0.3, -0.25) is 9.69 Å². The van der Waals surface area contributed by atoms with Gasteiger partial charge in [-0.05, 0) is 50.2 Å². The Morgan fingerprint density at radius 2 is 1.79 bits per heavy atom. The van der Waals surface area contributed by atoms with Crippen molar-refractivity contribution in [2.24, 2.45) is 0 Å². The molecule has 6 heteroatoms. The van der Waals surface area contributed by atoms with Crippen LogP contribution >= 0.6 is 0 Å². The second-order valence-electron chi connectivity index (χ2n) is 7.44. The van der Waals surface area contributed by atoms with E-state index in [1.165, 1.54) is 19.3 Å². The van der Waals surface area contributed by atoms with Crippen LogP contribution in [0.3, 0.4) is 0 Å². The van der Waals surface area contributed by atoms with Gasteiger partial charge >= 0.3 is 0 Å². The molecule has 1 N–H and O–H groups in total. The van der Waals surface area contributed by atoms with E-state index in [9.17, 15) is 4.79 Å². The molecule has 0 aliphatic carbocycles. The van der Waals surface area contributed by atoms with Crippen LogP contribution in [0, 0.1) is 0 Å². The Labute approximate surface area is 168 Å². The van der Waals surface area contributed by atoms with Crippen molar-refractivity contribution in [3.8, 4) is 0 Å². The summed E-state index contributed by atoms with van der Waals surface area (Å²) in [6, 6.07) is 17.1. The van der Waals surface area contributed by atoms with Crippen LogP contribution < -0.4 is 5.32 Å². The summed E-state index contributed by atoms with van der Waals surface area (Å²) < 4.78 is 5.70. The number of amides is 1. The predicted octanol–water partition coefficient (Wildman–Crippen LogP) is 4.61. The normalized spacial score (nSPS) is 15.0. The third-order valence-corrected chi connectivity index (χ3v) is 5.34. The van der Waals surface area contributed by atoms with Crippen LogP contribution in [0.4, 0.5) is 5.82 Å². The van der Waals surface area contributed by atoms with Crippen LogP contribution in [0.25, 0.3) is 21.9 Å². The number of benzene rings is 2. The van der Waals surface area contributed by atoms with Crippen molar-refractivity contribution < 1.29 is 9.21 Å². The smallest absolute Gasteiger partial charge is 0.292 e. The summed E-state index contributed by atoms with van der Waals surface area (Å²) in [5.41, 5.74) is 1.52. The SMILES string of the molecule is O=C(Nc1nc(CN2CCCCC2)nc2ccccc12)c1cc2ccccc2o1. The van der Waals surface area contributed by atoms with Gasteiger partial charge in [0.2, 0.25) is 0 Å². The lowest BCUT2D eigenvalue weighted by Crippen LogP contribution is -2.30. The standard InChI is InChI=1S/C23H22N4O2/c28-23(20-14-16-8-2-5-11-19(16)29-20)26-22-17-9-3-4-10-18(17)24-21(25-22)15-27-12-6-1-7-13-27/h2-5,8-11,14H,1,6-7,12-13,15H2,(H,24,25,26,28). The number of furan rings is 1. The molecule has 2 aromatic carbocycles. The largest absolute Gasteiger partial charge is 0.451 e. The molecule has 1 aliphatic heterocycles. The van der Waals surface area contributed by atoms with Crippen molar-refractivity contribution in [1.82, 2.24) is 14.9 Å². The molecule has 6 nitrogen and oxygen atoms in total. The summed E-state index contributed by atoms with van der Waals surface area (Å²) in [7, 11) is 0. The molecule has 0 spiro atoms. The first-order chi connectivity index (χ1) is 14.3. The summed E-state index contributed by atoms with van der Waals surface area (Å²) in [4.78, 5) is 24.6. The number of carbonyl (C=O) groups is 1. The molecule has 146 valence electrons. The summed E-state index contributed by atoms with van der Waals surface area (Å²) >= 11 is 0. The lowest BCUT2D eigenvalue weighted by Gasteiger charge is -2.25. The number of hydrogen-bond acceptors (Lipinski definition) is 5. The molecule has 29 heavy (non-hydrogen) atoms. The molecule has 1 amide bonds. The topological polar surface area (TPSA) is 71.3 Å². The fourth-order valence-electron chi connectivity index (χ4n) is 3.87. The highest BCUT2D eigenvalue weighted by molar-refractivity contribution is 6.07. The zero-order chi connectivity index (χ0) is 19.6. The van der Waals surface area contributed by atoms with E-state index >= 15 is 0 Å². The molecular weight excluding hydrogens is 364 g/mol. The third kappa shape index (κ3) is 3.71. The van der Waals surface area contributed by atoms with E-state index in [2.05, 4.69) is 15.2 Å². The minimum atomic E-state index is -0.311. The lowest BCUT2D eigenvalue weighted by atomic mass is 10.1. The molecule has 1 saturated heterocycles. The Hall–Kier alpha value is -3.25. The van der Waals surface area contributed by atoms with Gasteiger partial charge in [0.15, 0.2) is 5.76 Å². The molecule has 0 bridgehead atoms. The maximum atomic E-state index is 12.9. The number of fused-ring (bicyclic) bond motifs is 2. The molecule has 4 aromatic rings. The Kier molecular flexibility index (Phi) is 4.69. The first-order valence-electron chi connectivity index (χ1n) is 10.0. The van der Waals surface area contributed by atoms with Crippen molar-refractivity contribution in [2.45, 2.75) is 25.8 Å². The number of aromatic nitrogens is 2. The number of nitrogens with one attached hydrogen (secondary N) is 1. The van der Waals surface area contributed by atoms with E-state index in [1.807, 2.05) is 48.5 Å². The van der Waals surface area contributed by atoms with Gasteiger partial charge in [0.25, 0.3) is 5.91 Å². The molecule has 2 aromatic heterocycles. The second kappa shape index (κ2) is 7.64. The maximum Gasteiger partial charge on any atom is 0.292 e. The third-order valence-electron chi connectivity index (χ3n) is 5.34. The van der Waals surface area contributed by atoms with Crippen LogP contribution in [0.15, 0.2) is 59.0 Å². The van der Waals surface area contributed by atoms with Crippen molar-refractivity contribution in [3.05, 3.63) is 66.2 Å². The lowest BCUT2D eigenvalue weighted by molar-refractivity contribution is 0.0998. The predicted molar refractivity (Wildman–Crippen MR) is 113 cm³/mol. The van der Waals surface area contributed by atoms with Gasteiger partial charge in [0.05, 0.1) is 12.1 Å². The summed E-state index contributed by atoms with van der Waals surface area (Å²) in [5, 5.41) is 4.66. The second-order valence-corrected chi connectivity index (χ2v) is 7.44. The number of hydrogen-bond donors (Lipinski definition) is 1. The minimum absolute atomic E-state index is 0.270. The van der Waals surface area contributed by atoms with Gasteiger partial charge in [-0.1, -0.05) is 36.8 Å². The highest BCUT2D eigenvalue weighted by Gasteiger charge is 2.17. The van der Waals surface area contributed by atoms with E-state index in [0.717, 1.165) is 35.2 Å². The number of rotatable bonds is 4. The summed E-state index contributed by atoms with van der Waals surface area (Å²) in [5.74, 6) is 1.21. The zero-order valence-corrected chi connectivity index (χ0v) is 16.1. The molecule has 3 heterocycles. The molecular formula is C23H22N4O2. The van der Waals surface area contributed by atoms with E-state index in [4.69, 9.17) is 9.40 Å². The zero-order valence-electron chi connectivity index (χ0n) is 16.1. The number of likely N-dealkylation sites (tertiary alicyclic amines) is 1. The van der Waals surface area contributed by atoms with Crippen molar-refractivity contribution >= 4 is 33.6 Å². The Bertz CT molecular complexity index is 1140. The Balaban J connectivity index is 1.46. The van der Waals surface area contributed by atoms with E-state index < -0.39 is 0 Å². The van der Waals surface area contributed by atoms with Gasteiger partial charge in [-0.15, -0.1) is 0 Å². The van der Waals surface area contributed by atoms with Crippen LogP contribution in [0.1, 0.15) is 35.6 Å².